The molecule has 0 unspecified atom stereocenters. The number of hydrogen-bond acceptors (Lipinski definition) is 1. The SMILES string of the molecule is O=C(Cc1ccc(Br)cc1Cl)Cc1c(Cl)cccc1Cl. The molecule has 2 rings (SSSR count). The molecule has 1 nitrogen and oxygen atoms in total. The maximum atomic E-state index is 12.1. The van der Waals surface area contributed by atoms with Gasteiger partial charge in [0.15, 0.2) is 0 Å². The lowest BCUT2D eigenvalue weighted by molar-refractivity contribution is -0.117. The van der Waals surface area contributed by atoms with Crippen LogP contribution in [0.3, 0.4) is 0 Å². The molecular weight excluding hydrogens is 382 g/mol. The number of carbonyl (C=O) groups excluding carboxylic acids is 1. The highest BCUT2D eigenvalue weighted by Gasteiger charge is 2.13. The Bertz CT molecular complexity index is 635. The van der Waals surface area contributed by atoms with Gasteiger partial charge in [0.1, 0.15) is 5.78 Å². The van der Waals surface area contributed by atoms with Gasteiger partial charge in [0.25, 0.3) is 0 Å². The van der Waals surface area contributed by atoms with Crippen molar-refractivity contribution in [2.45, 2.75) is 12.8 Å². The Morgan fingerprint density at radius 2 is 1.60 bits per heavy atom. The first-order chi connectivity index (χ1) is 9.47. The lowest BCUT2D eigenvalue weighted by Gasteiger charge is -2.07. The summed E-state index contributed by atoms with van der Waals surface area (Å²) < 4.78 is 0.882. The van der Waals surface area contributed by atoms with Gasteiger partial charge in [-0.25, -0.2) is 0 Å². The van der Waals surface area contributed by atoms with E-state index in [2.05, 4.69) is 15.9 Å². The highest BCUT2D eigenvalue weighted by Crippen LogP contribution is 2.26. The van der Waals surface area contributed by atoms with Gasteiger partial charge in [-0.15, -0.1) is 0 Å². The van der Waals surface area contributed by atoms with Crippen LogP contribution >= 0.6 is 50.7 Å². The molecule has 0 saturated heterocycles. The molecule has 0 atom stereocenters. The molecule has 5 heteroatoms. The summed E-state index contributed by atoms with van der Waals surface area (Å²) in [6, 6.07) is 10.7. The van der Waals surface area contributed by atoms with Gasteiger partial charge >= 0.3 is 0 Å². The Morgan fingerprint density at radius 3 is 2.20 bits per heavy atom. The number of hydrogen-bond donors (Lipinski definition) is 0. The summed E-state index contributed by atoms with van der Waals surface area (Å²) in [5.41, 5.74) is 1.46. The summed E-state index contributed by atoms with van der Waals surface area (Å²) in [4.78, 5) is 12.1. The van der Waals surface area contributed by atoms with Crippen LogP contribution in [0.5, 0.6) is 0 Å². The van der Waals surface area contributed by atoms with E-state index in [1.165, 1.54) is 0 Å². The third kappa shape index (κ3) is 3.98. The minimum Gasteiger partial charge on any atom is -0.299 e. The van der Waals surface area contributed by atoms with Crippen LogP contribution < -0.4 is 0 Å². The molecule has 0 radical (unpaired) electrons. The third-order valence-electron chi connectivity index (χ3n) is 2.84. The average molecular weight is 393 g/mol. The standard InChI is InChI=1S/C15H10BrCl3O/c16-10-5-4-9(15(19)7-10)6-11(20)8-12-13(17)2-1-3-14(12)18/h1-5,7H,6,8H2. The molecule has 0 aliphatic rings. The smallest absolute Gasteiger partial charge is 0.141 e. The van der Waals surface area contributed by atoms with Crippen LogP contribution in [0.4, 0.5) is 0 Å². The Kier molecular flexibility index (Phi) is 5.50. The van der Waals surface area contributed by atoms with Crippen LogP contribution in [-0.2, 0) is 17.6 Å². The van der Waals surface area contributed by atoms with Crippen molar-refractivity contribution >= 4 is 56.5 Å². The zero-order chi connectivity index (χ0) is 14.7. The molecule has 0 aliphatic heterocycles. The van der Waals surface area contributed by atoms with Crippen molar-refractivity contribution in [3.05, 3.63) is 67.1 Å². The van der Waals surface area contributed by atoms with Crippen molar-refractivity contribution in [2.75, 3.05) is 0 Å². The fourth-order valence-corrected chi connectivity index (χ4v) is 3.11. The molecule has 104 valence electrons. The Labute approximate surface area is 141 Å². The monoisotopic (exact) mass is 390 g/mol. The second-order valence-electron chi connectivity index (χ2n) is 4.33. The average Bonchev–Trinajstić information content (AvgIpc) is 2.37. The summed E-state index contributed by atoms with van der Waals surface area (Å²) in [7, 11) is 0. The molecule has 0 amide bonds. The van der Waals surface area contributed by atoms with E-state index in [0.29, 0.717) is 20.6 Å². The van der Waals surface area contributed by atoms with E-state index >= 15 is 0 Å². The number of halogens is 4. The van der Waals surface area contributed by atoms with Gasteiger partial charge in [-0.3, -0.25) is 4.79 Å². The lowest BCUT2D eigenvalue weighted by atomic mass is 10.0. The van der Waals surface area contributed by atoms with E-state index in [1.54, 1.807) is 24.3 Å². The number of Topliss-reactive ketones (excluding diaryl/α,β-unsaturated/α-hetero) is 1. The van der Waals surface area contributed by atoms with Crippen LogP contribution in [0.15, 0.2) is 40.9 Å². The number of rotatable bonds is 4. The summed E-state index contributed by atoms with van der Waals surface area (Å²) in [6.07, 6.45) is 0.457. The Morgan fingerprint density at radius 1 is 0.950 bits per heavy atom. The fourth-order valence-electron chi connectivity index (χ4n) is 1.84. The first-order valence-electron chi connectivity index (χ1n) is 5.86. The topological polar surface area (TPSA) is 17.1 Å². The van der Waals surface area contributed by atoms with E-state index in [0.717, 1.165) is 10.0 Å². The summed E-state index contributed by atoms with van der Waals surface area (Å²) in [6.45, 7) is 0. The number of carbonyl (C=O) groups is 1. The summed E-state index contributed by atoms with van der Waals surface area (Å²) >= 11 is 21.6. The number of ketones is 1. The second-order valence-corrected chi connectivity index (χ2v) is 6.47. The third-order valence-corrected chi connectivity index (χ3v) is 4.39. The van der Waals surface area contributed by atoms with Crippen molar-refractivity contribution in [2.24, 2.45) is 0 Å². The molecule has 0 aliphatic carbocycles. The van der Waals surface area contributed by atoms with Gasteiger partial charge in [-0.1, -0.05) is 62.9 Å². The van der Waals surface area contributed by atoms with E-state index in [4.69, 9.17) is 34.8 Å². The molecule has 0 fully saturated rings. The maximum Gasteiger partial charge on any atom is 0.141 e. The zero-order valence-corrected chi connectivity index (χ0v) is 14.2. The van der Waals surface area contributed by atoms with Gasteiger partial charge in [0.05, 0.1) is 0 Å². The first kappa shape index (κ1) is 15.8. The largest absolute Gasteiger partial charge is 0.299 e. The second kappa shape index (κ2) is 6.95. The van der Waals surface area contributed by atoms with E-state index in [-0.39, 0.29) is 18.6 Å². The van der Waals surface area contributed by atoms with Crippen LogP contribution in [0.2, 0.25) is 15.1 Å². The highest BCUT2D eigenvalue weighted by molar-refractivity contribution is 9.10. The molecule has 0 heterocycles. The molecule has 0 spiro atoms. The van der Waals surface area contributed by atoms with Gasteiger partial charge in [-0.05, 0) is 35.4 Å². The van der Waals surface area contributed by atoms with Gasteiger partial charge in [-0.2, -0.15) is 0 Å². The molecular formula is C15H10BrCl3O. The lowest BCUT2D eigenvalue weighted by Crippen LogP contribution is -2.08. The van der Waals surface area contributed by atoms with E-state index in [9.17, 15) is 4.79 Å². The predicted octanol–water partition coefficient (Wildman–Crippen LogP) is 5.76. The Hall–Kier alpha value is -0.540. The van der Waals surface area contributed by atoms with Crippen LogP contribution in [0, 0.1) is 0 Å². The molecule has 0 N–H and O–H groups in total. The van der Waals surface area contributed by atoms with Crippen LogP contribution in [-0.4, -0.2) is 5.78 Å². The van der Waals surface area contributed by atoms with Gasteiger partial charge in [0, 0.05) is 32.4 Å². The molecule has 2 aromatic carbocycles. The fraction of sp³-hybridized carbons (Fsp3) is 0.133. The van der Waals surface area contributed by atoms with E-state index < -0.39 is 0 Å². The van der Waals surface area contributed by atoms with Gasteiger partial charge < -0.3 is 0 Å². The Balaban J connectivity index is 2.13. The van der Waals surface area contributed by atoms with Crippen molar-refractivity contribution in [3.63, 3.8) is 0 Å². The van der Waals surface area contributed by atoms with Crippen molar-refractivity contribution in [3.8, 4) is 0 Å². The molecule has 0 saturated carbocycles. The molecule has 0 bridgehead atoms. The van der Waals surface area contributed by atoms with Crippen LogP contribution in [0.1, 0.15) is 11.1 Å². The highest BCUT2D eigenvalue weighted by atomic mass is 79.9. The summed E-state index contributed by atoms with van der Waals surface area (Å²) in [5, 5.41) is 1.58. The van der Waals surface area contributed by atoms with Crippen molar-refractivity contribution < 1.29 is 4.79 Å². The molecule has 0 aromatic heterocycles. The predicted molar refractivity (Wildman–Crippen MR) is 88.0 cm³/mol. The normalized spacial score (nSPS) is 10.6. The molecule has 20 heavy (non-hydrogen) atoms. The summed E-state index contributed by atoms with van der Waals surface area (Å²) in [5.74, 6) is 0.0178. The minimum atomic E-state index is 0.0178. The van der Waals surface area contributed by atoms with Crippen LogP contribution in [0.25, 0.3) is 0 Å². The maximum absolute atomic E-state index is 12.1. The quantitative estimate of drug-likeness (QED) is 0.646. The van der Waals surface area contributed by atoms with Crippen molar-refractivity contribution in [1.29, 1.82) is 0 Å². The first-order valence-corrected chi connectivity index (χ1v) is 7.78. The van der Waals surface area contributed by atoms with Gasteiger partial charge in [0.2, 0.25) is 0 Å². The van der Waals surface area contributed by atoms with E-state index in [1.807, 2.05) is 12.1 Å². The molecule has 2 aromatic rings. The van der Waals surface area contributed by atoms with Crippen molar-refractivity contribution in [1.82, 2.24) is 0 Å². The number of benzene rings is 2. The zero-order valence-electron chi connectivity index (χ0n) is 10.3. The minimum absolute atomic E-state index is 0.0178.